The number of piperazine rings is 1. The highest BCUT2D eigenvalue weighted by atomic mass is 16.2. The Morgan fingerprint density at radius 2 is 1.48 bits per heavy atom. The lowest BCUT2D eigenvalue weighted by molar-refractivity contribution is -0.130. The van der Waals surface area contributed by atoms with Gasteiger partial charge in [0, 0.05) is 49.9 Å². The highest BCUT2D eigenvalue weighted by molar-refractivity contribution is 6.05. The van der Waals surface area contributed by atoms with Crippen molar-refractivity contribution in [2.45, 2.75) is 27.2 Å². The van der Waals surface area contributed by atoms with E-state index in [9.17, 15) is 14.4 Å². The lowest BCUT2D eigenvalue weighted by atomic mass is 10.0. The number of anilines is 1. The summed E-state index contributed by atoms with van der Waals surface area (Å²) in [6.07, 6.45) is 0.835. The van der Waals surface area contributed by atoms with Crippen LogP contribution >= 0.6 is 0 Å². The molecule has 0 radical (unpaired) electrons. The first-order valence-electron chi connectivity index (χ1n) is 9.95. The highest BCUT2D eigenvalue weighted by Crippen LogP contribution is 2.22. The zero-order valence-corrected chi connectivity index (χ0v) is 17.2. The molecule has 0 atom stereocenters. The van der Waals surface area contributed by atoms with E-state index in [-0.39, 0.29) is 17.7 Å². The Bertz CT molecular complexity index is 913. The quantitative estimate of drug-likeness (QED) is 0.868. The van der Waals surface area contributed by atoms with Crippen LogP contribution in [0.1, 0.15) is 45.7 Å². The van der Waals surface area contributed by atoms with Crippen molar-refractivity contribution in [1.29, 1.82) is 0 Å². The molecule has 3 rings (SSSR count). The fourth-order valence-electron chi connectivity index (χ4n) is 3.56. The maximum absolute atomic E-state index is 12.7. The number of amides is 3. The van der Waals surface area contributed by atoms with Gasteiger partial charge in [-0.2, -0.15) is 0 Å². The number of hydrogen-bond donors (Lipinski definition) is 1. The second-order valence-corrected chi connectivity index (χ2v) is 7.29. The molecule has 0 spiro atoms. The van der Waals surface area contributed by atoms with Crippen molar-refractivity contribution < 1.29 is 14.4 Å². The molecule has 6 heteroatoms. The molecular formula is C23H27N3O3. The van der Waals surface area contributed by atoms with Gasteiger partial charge < -0.3 is 15.1 Å². The average Bonchev–Trinajstić information content (AvgIpc) is 2.74. The number of carbonyl (C=O) groups excluding carboxylic acids is 3. The molecule has 6 nitrogen and oxygen atoms in total. The standard InChI is InChI=1S/C23H27N3O3/c1-4-18-7-5-6-16(2)21(18)24-22(28)19-8-10-20(11-9-19)23(29)26-14-12-25(13-15-26)17(3)27/h5-11H,4,12-15H2,1-3H3,(H,24,28). The first-order valence-corrected chi connectivity index (χ1v) is 9.95. The van der Waals surface area contributed by atoms with Gasteiger partial charge in [-0.3, -0.25) is 14.4 Å². The molecule has 152 valence electrons. The van der Waals surface area contributed by atoms with E-state index in [1.807, 2.05) is 25.1 Å². The molecule has 3 amide bonds. The third-order valence-electron chi connectivity index (χ3n) is 5.38. The van der Waals surface area contributed by atoms with Crippen molar-refractivity contribution in [3.8, 4) is 0 Å². The zero-order chi connectivity index (χ0) is 21.0. The fourth-order valence-corrected chi connectivity index (χ4v) is 3.56. The minimum Gasteiger partial charge on any atom is -0.339 e. The summed E-state index contributed by atoms with van der Waals surface area (Å²) in [5.74, 6) is -0.234. The molecule has 0 aliphatic carbocycles. The van der Waals surface area contributed by atoms with Gasteiger partial charge in [-0.05, 0) is 48.7 Å². The summed E-state index contributed by atoms with van der Waals surface area (Å²) in [5.41, 5.74) is 4.02. The molecule has 1 N–H and O–H groups in total. The van der Waals surface area contributed by atoms with Gasteiger partial charge in [0.05, 0.1) is 0 Å². The second kappa shape index (κ2) is 8.90. The van der Waals surface area contributed by atoms with Crippen molar-refractivity contribution in [2.24, 2.45) is 0 Å². The fraction of sp³-hybridized carbons (Fsp3) is 0.348. The minimum atomic E-state index is -0.192. The molecule has 1 fully saturated rings. The number of nitrogens with one attached hydrogen (secondary N) is 1. The van der Waals surface area contributed by atoms with Crippen molar-refractivity contribution >= 4 is 23.4 Å². The van der Waals surface area contributed by atoms with Crippen molar-refractivity contribution in [1.82, 2.24) is 9.80 Å². The molecular weight excluding hydrogens is 366 g/mol. The maximum atomic E-state index is 12.7. The highest BCUT2D eigenvalue weighted by Gasteiger charge is 2.23. The van der Waals surface area contributed by atoms with Gasteiger partial charge in [0.25, 0.3) is 11.8 Å². The van der Waals surface area contributed by atoms with Crippen LogP contribution in [0.25, 0.3) is 0 Å². The van der Waals surface area contributed by atoms with Crippen molar-refractivity contribution in [3.05, 3.63) is 64.7 Å². The van der Waals surface area contributed by atoms with E-state index in [0.29, 0.717) is 37.3 Å². The van der Waals surface area contributed by atoms with Crippen LogP contribution in [0.4, 0.5) is 5.69 Å². The molecule has 0 saturated carbocycles. The summed E-state index contributed by atoms with van der Waals surface area (Å²) in [6, 6.07) is 12.7. The van der Waals surface area contributed by atoms with Crippen LogP contribution < -0.4 is 5.32 Å². The summed E-state index contributed by atoms with van der Waals surface area (Å²) < 4.78 is 0. The Morgan fingerprint density at radius 1 is 0.897 bits per heavy atom. The SMILES string of the molecule is CCc1cccc(C)c1NC(=O)c1ccc(C(=O)N2CCN(C(C)=O)CC2)cc1. The first-order chi connectivity index (χ1) is 13.9. The van der Waals surface area contributed by atoms with Crippen LogP contribution in [0, 0.1) is 6.92 Å². The second-order valence-electron chi connectivity index (χ2n) is 7.29. The van der Waals surface area contributed by atoms with E-state index in [1.165, 1.54) is 0 Å². The van der Waals surface area contributed by atoms with E-state index in [1.54, 1.807) is 41.0 Å². The molecule has 0 aromatic heterocycles. The predicted molar refractivity (Wildman–Crippen MR) is 113 cm³/mol. The molecule has 2 aromatic rings. The molecule has 0 unspecified atom stereocenters. The topological polar surface area (TPSA) is 69.7 Å². The summed E-state index contributed by atoms with van der Waals surface area (Å²) in [6.45, 7) is 7.72. The summed E-state index contributed by atoms with van der Waals surface area (Å²) in [4.78, 5) is 40.3. The van der Waals surface area contributed by atoms with Gasteiger partial charge in [0.1, 0.15) is 0 Å². The number of aryl methyl sites for hydroxylation is 2. The third-order valence-corrected chi connectivity index (χ3v) is 5.38. The number of benzene rings is 2. The van der Waals surface area contributed by atoms with Gasteiger partial charge in [-0.15, -0.1) is 0 Å². The van der Waals surface area contributed by atoms with Gasteiger partial charge >= 0.3 is 0 Å². The monoisotopic (exact) mass is 393 g/mol. The molecule has 29 heavy (non-hydrogen) atoms. The van der Waals surface area contributed by atoms with Gasteiger partial charge in [0.15, 0.2) is 0 Å². The van der Waals surface area contributed by atoms with Crippen LogP contribution in [0.2, 0.25) is 0 Å². The van der Waals surface area contributed by atoms with Crippen LogP contribution in [0.5, 0.6) is 0 Å². The minimum absolute atomic E-state index is 0.0346. The lowest BCUT2D eigenvalue weighted by Gasteiger charge is -2.34. The van der Waals surface area contributed by atoms with Crippen molar-refractivity contribution in [2.75, 3.05) is 31.5 Å². The van der Waals surface area contributed by atoms with Crippen LogP contribution in [0.15, 0.2) is 42.5 Å². The predicted octanol–water partition coefficient (Wildman–Crippen LogP) is 3.11. The normalized spacial score (nSPS) is 13.9. The third kappa shape index (κ3) is 4.65. The molecule has 2 aromatic carbocycles. The van der Waals surface area contributed by atoms with E-state index in [0.717, 1.165) is 23.2 Å². The van der Waals surface area contributed by atoms with Crippen LogP contribution in [0.3, 0.4) is 0 Å². The summed E-state index contributed by atoms with van der Waals surface area (Å²) in [7, 11) is 0. The Balaban J connectivity index is 1.66. The number of nitrogens with zero attached hydrogens (tertiary/aromatic N) is 2. The molecule has 0 bridgehead atoms. The van der Waals surface area contributed by atoms with Gasteiger partial charge in [-0.25, -0.2) is 0 Å². The van der Waals surface area contributed by atoms with Gasteiger partial charge in [-0.1, -0.05) is 25.1 Å². The van der Waals surface area contributed by atoms with Crippen LogP contribution in [-0.4, -0.2) is 53.7 Å². The average molecular weight is 393 g/mol. The summed E-state index contributed by atoms with van der Waals surface area (Å²) >= 11 is 0. The molecule has 1 aliphatic rings. The Hall–Kier alpha value is -3.15. The van der Waals surface area contributed by atoms with E-state index in [4.69, 9.17) is 0 Å². The molecule has 1 saturated heterocycles. The summed E-state index contributed by atoms with van der Waals surface area (Å²) in [5, 5.41) is 3.00. The van der Waals surface area contributed by atoms with E-state index in [2.05, 4.69) is 12.2 Å². The number of hydrogen-bond acceptors (Lipinski definition) is 3. The molecule has 1 aliphatic heterocycles. The first kappa shape index (κ1) is 20.6. The Labute approximate surface area is 171 Å². The Kier molecular flexibility index (Phi) is 6.32. The smallest absolute Gasteiger partial charge is 0.255 e. The van der Waals surface area contributed by atoms with Crippen molar-refractivity contribution in [3.63, 3.8) is 0 Å². The number of para-hydroxylation sites is 1. The van der Waals surface area contributed by atoms with E-state index >= 15 is 0 Å². The molecule has 1 heterocycles. The van der Waals surface area contributed by atoms with E-state index < -0.39 is 0 Å². The lowest BCUT2D eigenvalue weighted by Crippen LogP contribution is -2.50. The van der Waals surface area contributed by atoms with Gasteiger partial charge in [0.2, 0.25) is 5.91 Å². The zero-order valence-electron chi connectivity index (χ0n) is 17.2. The number of rotatable bonds is 4. The largest absolute Gasteiger partial charge is 0.339 e. The maximum Gasteiger partial charge on any atom is 0.255 e. The Morgan fingerprint density at radius 3 is 2.07 bits per heavy atom. The van der Waals surface area contributed by atoms with Crippen LogP contribution in [-0.2, 0) is 11.2 Å². The number of carbonyl (C=O) groups is 3.